The Kier molecular flexibility index (Phi) is 2.39. The molecule has 0 radical (unpaired) electrons. The summed E-state index contributed by atoms with van der Waals surface area (Å²) in [6.45, 7) is 5.55. The summed E-state index contributed by atoms with van der Waals surface area (Å²) in [5.41, 5.74) is 0. The highest BCUT2D eigenvalue weighted by molar-refractivity contribution is 5.80. The van der Waals surface area contributed by atoms with Gasteiger partial charge in [-0.2, -0.15) is 0 Å². The summed E-state index contributed by atoms with van der Waals surface area (Å²) >= 11 is 0. The molecule has 2 saturated heterocycles. The van der Waals surface area contributed by atoms with Gasteiger partial charge in [0.2, 0.25) is 0 Å². The average molecular weight is 183 g/mol. The Balaban J connectivity index is 1.98. The van der Waals surface area contributed by atoms with E-state index in [1.54, 1.807) is 6.92 Å². The van der Waals surface area contributed by atoms with Gasteiger partial charge in [-0.3, -0.25) is 9.69 Å². The number of morpholine rings is 1. The molecule has 0 aliphatic carbocycles. The quantitative estimate of drug-likeness (QED) is 0.635. The largest absolute Gasteiger partial charge is 0.372 e. The molecule has 0 aromatic heterocycles. The minimum Gasteiger partial charge on any atom is -0.372 e. The topological polar surface area (TPSA) is 29.5 Å². The number of Topliss-reactive ketones (excluding diaryl/α,β-unsaturated/α-hetero) is 1. The molecule has 13 heavy (non-hydrogen) atoms. The van der Waals surface area contributed by atoms with Crippen LogP contribution in [0.5, 0.6) is 0 Å². The number of ketones is 1. The summed E-state index contributed by atoms with van der Waals surface area (Å²) in [4.78, 5) is 13.5. The minimum atomic E-state index is 0.0759. The second kappa shape index (κ2) is 3.39. The molecule has 2 heterocycles. The Hall–Kier alpha value is -0.410. The predicted molar refractivity (Wildman–Crippen MR) is 49.6 cm³/mol. The van der Waals surface area contributed by atoms with Gasteiger partial charge in [0.15, 0.2) is 0 Å². The zero-order valence-electron chi connectivity index (χ0n) is 8.32. The number of hydrogen-bond acceptors (Lipinski definition) is 3. The van der Waals surface area contributed by atoms with Crippen LogP contribution in [-0.4, -0.2) is 42.0 Å². The lowest BCUT2D eigenvalue weighted by Gasteiger charge is -2.35. The van der Waals surface area contributed by atoms with Crippen LogP contribution in [0.15, 0.2) is 0 Å². The molecule has 3 heteroatoms. The Morgan fingerprint density at radius 1 is 1.38 bits per heavy atom. The normalized spacial score (nSPS) is 36.2. The molecule has 2 aliphatic rings. The first-order valence-corrected chi connectivity index (χ1v) is 5.07. The molecule has 0 N–H and O–H groups in total. The molecule has 0 aromatic rings. The first-order chi connectivity index (χ1) is 6.16. The third-order valence-corrected chi connectivity index (χ3v) is 3.21. The van der Waals surface area contributed by atoms with Crippen molar-refractivity contribution >= 4 is 5.78 Å². The number of ether oxygens (including phenoxy) is 1. The summed E-state index contributed by atoms with van der Waals surface area (Å²) < 4.78 is 5.70. The Morgan fingerprint density at radius 3 is 2.38 bits per heavy atom. The van der Waals surface area contributed by atoms with Crippen molar-refractivity contribution < 1.29 is 9.53 Å². The Labute approximate surface area is 79.0 Å². The van der Waals surface area contributed by atoms with Gasteiger partial charge in [0.1, 0.15) is 5.78 Å². The van der Waals surface area contributed by atoms with Crippen molar-refractivity contribution in [2.75, 3.05) is 13.1 Å². The standard InChI is InChI=1S/C10H17NO2/c1-7(8(2)12)11-5-9-3-4-10(6-11)13-9/h7,9-10H,3-6H2,1-2H3. The van der Waals surface area contributed by atoms with Gasteiger partial charge in [-0.25, -0.2) is 0 Å². The van der Waals surface area contributed by atoms with Gasteiger partial charge in [-0.1, -0.05) is 0 Å². The van der Waals surface area contributed by atoms with Crippen molar-refractivity contribution in [3.05, 3.63) is 0 Å². The smallest absolute Gasteiger partial charge is 0.146 e. The van der Waals surface area contributed by atoms with E-state index < -0.39 is 0 Å². The number of nitrogens with zero attached hydrogens (tertiary/aromatic N) is 1. The fraction of sp³-hybridized carbons (Fsp3) is 0.900. The first-order valence-electron chi connectivity index (χ1n) is 5.07. The molecule has 2 rings (SSSR count). The number of carbonyl (C=O) groups is 1. The van der Waals surface area contributed by atoms with Crippen molar-refractivity contribution in [2.45, 2.75) is 44.9 Å². The van der Waals surface area contributed by atoms with E-state index in [4.69, 9.17) is 4.74 Å². The number of carbonyl (C=O) groups excluding carboxylic acids is 1. The zero-order chi connectivity index (χ0) is 9.42. The van der Waals surface area contributed by atoms with Crippen LogP contribution in [-0.2, 0) is 9.53 Å². The molecular formula is C10H17NO2. The number of likely N-dealkylation sites (tertiary alicyclic amines) is 1. The van der Waals surface area contributed by atoms with E-state index >= 15 is 0 Å². The first kappa shape index (κ1) is 9.16. The summed E-state index contributed by atoms with van der Waals surface area (Å²) in [6, 6.07) is 0.0759. The highest BCUT2D eigenvalue weighted by atomic mass is 16.5. The van der Waals surface area contributed by atoms with Crippen molar-refractivity contribution in [3.63, 3.8) is 0 Å². The molecule has 3 atom stereocenters. The van der Waals surface area contributed by atoms with Gasteiger partial charge in [0.25, 0.3) is 0 Å². The SMILES string of the molecule is CC(=O)C(C)N1CC2CCC(C1)O2. The van der Waals surface area contributed by atoms with Gasteiger partial charge < -0.3 is 4.74 Å². The van der Waals surface area contributed by atoms with Gasteiger partial charge in [-0.05, 0) is 26.7 Å². The van der Waals surface area contributed by atoms with E-state index in [2.05, 4.69) is 4.90 Å². The maximum absolute atomic E-state index is 11.2. The van der Waals surface area contributed by atoms with Gasteiger partial charge in [0.05, 0.1) is 18.2 Å². The van der Waals surface area contributed by atoms with E-state index in [0.717, 1.165) is 13.1 Å². The second-order valence-corrected chi connectivity index (χ2v) is 4.20. The lowest BCUT2D eigenvalue weighted by Crippen LogP contribution is -2.49. The maximum atomic E-state index is 11.2. The molecule has 0 saturated carbocycles. The third-order valence-electron chi connectivity index (χ3n) is 3.21. The number of fused-ring (bicyclic) bond motifs is 2. The summed E-state index contributed by atoms with van der Waals surface area (Å²) in [7, 11) is 0. The van der Waals surface area contributed by atoms with Crippen LogP contribution in [0, 0.1) is 0 Å². The third kappa shape index (κ3) is 1.76. The lowest BCUT2D eigenvalue weighted by atomic mass is 10.1. The Morgan fingerprint density at radius 2 is 1.92 bits per heavy atom. The van der Waals surface area contributed by atoms with Crippen LogP contribution >= 0.6 is 0 Å². The van der Waals surface area contributed by atoms with Crippen molar-refractivity contribution in [2.24, 2.45) is 0 Å². The van der Waals surface area contributed by atoms with Crippen molar-refractivity contribution in [3.8, 4) is 0 Å². The average Bonchev–Trinajstić information content (AvgIpc) is 2.44. The molecule has 0 spiro atoms. The molecule has 2 aliphatic heterocycles. The highest BCUT2D eigenvalue weighted by Gasteiger charge is 2.36. The fourth-order valence-electron chi connectivity index (χ4n) is 2.22. The van der Waals surface area contributed by atoms with Crippen LogP contribution in [0.25, 0.3) is 0 Å². The molecule has 3 unspecified atom stereocenters. The predicted octanol–water partition coefficient (Wildman–Crippen LogP) is 0.827. The van der Waals surface area contributed by atoms with Crippen LogP contribution in [0.1, 0.15) is 26.7 Å². The van der Waals surface area contributed by atoms with Gasteiger partial charge >= 0.3 is 0 Å². The minimum absolute atomic E-state index is 0.0759. The molecule has 2 fully saturated rings. The van der Waals surface area contributed by atoms with E-state index in [1.165, 1.54) is 12.8 Å². The zero-order valence-corrected chi connectivity index (χ0v) is 8.32. The van der Waals surface area contributed by atoms with Crippen LogP contribution in [0.2, 0.25) is 0 Å². The van der Waals surface area contributed by atoms with E-state index in [1.807, 2.05) is 6.92 Å². The van der Waals surface area contributed by atoms with Gasteiger partial charge in [-0.15, -0.1) is 0 Å². The summed E-state index contributed by atoms with van der Waals surface area (Å²) in [5, 5.41) is 0. The molecule has 0 aromatic carbocycles. The summed E-state index contributed by atoms with van der Waals surface area (Å²) in [5.74, 6) is 0.265. The fourth-order valence-corrected chi connectivity index (χ4v) is 2.22. The van der Waals surface area contributed by atoms with E-state index in [0.29, 0.717) is 12.2 Å². The van der Waals surface area contributed by atoms with E-state index in [-0.39, 0.29) is 11.8 Å². The molecule has 3 nitrogen and oxygen atoms in total. The summed E-state index contributed by atoms with van der Waals surface area (Å²) in [6.07, 6.45) is 3.12. The van der Waals surface area contributed by atoms with Gasteiger partial charge in [0, 0.05) is 13.1 Å². The molecule has 74 valence electrons. The van der Waals surface area contributed by atoms with Crippen LogP contribution in [0.3, 0.4) is 0 Å². The molecule has 0 amide bonds. The molecule has 2 bridgehead atoms. The van der Waals surface area contributed by atoms with Crippen LogP contribution < -0.4 is 0 Å². The number of rotatable bonds is 2. The second-order valence-electron chi connectivity index (χ2n) is 4.20. The van der Waals surface area contributed by atoms with Crippen molar-refractivity contribution in [1.82, 2.24) is 4.90 Å². The lowest BCUT2D eigenvalue weighted by molar-refractivity contribution is -0.125. The van der Waals surface area contributed by atoms with Crippen molar-refractivity contribution in [1.29, 1.82) is 0 Å². The van der Waals surface area contributed by atoms with E-state index in [9.17, 15) is 4.79 Å². The monoisotopic (exact) mass is 183 g/mol. The van der Waals surface area contributed by atoms with Crippen LogP contribution in [0.4, 0.5) is 0 Å². The Bertz CT molecular complexity index is 205. The highest BCUT2D eigenvalue weighted by Crippen LogP contribution is 2.27. The number of hydrogen-bond donors (Lipinski definition) is 0. The maximum Gasteiger partial charge on any atom is 0.146 e. The molecular weight excluding hydrogens is 166 g/mol.